The first-order valence-corrected chi connectivity index (χ1v) is 9.31. The molecule has 0 aliphatic heterocycles. The number of sulfonamides is 1. The molecule has 6 nitrogen and oxygen atoms in total. The maximum absolute atomic E-state index is 12.2. The van der Waals surface area contributed by atoms with Gasteiger partial charge in [0.05, 0.1) is 16.5 Å². The Morgan fingerprint density at radius 3 is 2.21 bits per heavy atom. The number of halogens is 2. The molecule has 24 heavy (non-hydrogen) atoms. The lowest BCUT2D eigenvalue weighted by atomic mass is 9.91. The van der Waals surface area contributed by atoms with E-state index in [0.29, 0.717) is 0 Å². The van der Waals surface area contributed by atoms with Crippen molar-refractivity contribution in [2.45, 2.75) is 32.1 Å². The molecule has 0 bridgehead atoms. The molecule has 1 aromatic rings. The number of carbonyl (C=O) groups is 2. The Hall–Kier alpha value is -1.15. The van der Waals surface area contributed by atoms with Crippen LogP contribution in [0.3, 0.4) is 0 Å². The van der Waals surface area contributed by atoms with Crippen LogP contribution in [0.15, 0.2) is 23.1 Å². The van der Waals surface area contributed by atoms with Gasteiger partial charge in [-0.1, -0.05) is 50.0 Å². The van der Waals surface area contributed by atoms with Crippen LogP contribution >= 0.6 is 23.2 Å². The molecule has 0 radical (unpaired) electrons. The second kappa shape index (κ2) is 8.29. The summed E-state index contributed by atoms with van der Waals surface area (Å²) in [6.07, 6.45) is -0.223. The summed E-state index contributed by atoms with van der Waals surface area (Å²) in [5.74, 6) is -0.903. The highest BCUT2D eigenvalue weighted by atomic mass is 35.5. The molecule has 134 valence electrons. The normalized spacial score (nSPS) is 12.0. The van der Waals surface area contributed by atoms with Gasteiger partial charge in [0.15, 0.2) is 12.4 Å². The topological polar surface area (TPSA) is 89.5 Å². The van der Waals surface area contributed by atoms with E-state index in [0.717, 1.165) is 0 Å². The minimum Gasteiger partial charge on any atom is -0.458 e. The Labute approximate surface area is 151 Å². The summed E-state index contributed by atoms with van der Waals surface area (Å²) in [6, 6.07) is 4.32. The quantitative estimate of drug-likeness (QED) is 0.716. The SMILES string of the molecule is CC(C)(C)C(=O)COC(=O)CCNS(=O)(=O)c1c(Cl)cccc1Cl. The van der Waals surface area contributed by atoms with Crippen molar-refractivity contribution in [3.63, 3.8) is 0 Å². The van der Waals surface area contributed by atoms with Crippen LogP contribution in [0.5, 0.6) is 0 Å². The fraction of sp³-hybridized carbons (Fsp3) is 0.467. The minimum absolute atomic E-state index is 0.0200. The van der Waals surface area contributed by atoms with Crippen LogP contribution < -0.4 is 4.72 Å². The zero-order valence-electron chi connectivity index (χ0n) is 13.6. The molecule has 0 saturated heterocycles. The second-order valence-corrected chi connectivity index (χ2v) is 8.55. The summed E-state index contributed by atoms with van der Waals surface area (Å²) < 4.78 is 31.4. The van der Waals surface area contributed by atoms with E-state index in [9.17, 15) is 18.0 Å². The molecule has 1 N–H and O–H groups in total. The van der Waals surface area contributed by atoms with Crippen molar-refractivity contribution < 1.29 is 22.7 Å². The van der Waals surface area contributed by atoms with Gasteiger partial charge in [0, 0.05) is 12.0 Å². The number of esters is 1. The Bertz CT molecular complexity index is 706. The van der Waals surface area contributed by atoms with Gasteiger partial charge in [-0.05, 0) is 12.1 Å². The van der Waals surface area contributed by atoms with Crippen LogP contribution in [0.25, 0.3) is 0 Å². The number of Topliss-reactive ketones (excluding diaryl/α,β-unsaturated/α-hetero) is 1. The number of benzene rings is 1. The second-order valence-electron chi connectivity index (χ2n) is 6.03. The monoisotopic (exact) mass is 395 g/mol. The number of ketones is 1. The van der Waals surface area contributed by atoms with E-state index in [2.05, 4.69) is 4.72 Å². The van der Waals surface area contributed by atoms with E-state index >= 15 is 0 Å². The van der Waals surface area contributed by atoms with Gasteiger partial charge in [0.1, 0.15) is 4.90 Å². The average molecular weight is 396 g/mol. The van der Waals surface area contributed by atoms with Gasteiger partial charge in [-0.3, -0.25) is 9.59 Å². The highest BCUT2D eigenvalue weighted by molar-refractivity contribution is 7.89. The van der Waals surface area contributed by atoms with Gasteiger partial charge < -0.3 is 4.74 Å². The van der Waals surface area contributed by atoms with E-state index in [1.54, 1.807) is 20.8 Å². The van der Waals surface area contributed by atoms with Crippen LogP contribution in [-0.2, 0) is 24.3 Å². The van der Waals surface area contributed by atoms with Gasteiger partial charge in [-0.2, -0.15) is 0 Å². The summed E-state index contributed by atoms with van der Waals surface area (Å²) in [5.41, 5.74) is -0.608. The molecule has 0 amide bonds. The summed E-state index contributed by atoms with van der Waals surface area (Å²) in [7, 11) is -3.96. The molecular formula is C15H19Cl2NO5S. The number of hydrogen-bond acceptors (Lipinski definition) is 5. The van der Waals surface area contributed by atoms with E-state index in [1.807, 2.05) is 0 Å². The van der Waals surface area contributed by atoms with E-state index < -0.39 is 21.4 Å². The minimum atomic E-state index is -3.96. The molecule has 0 heterocycles. The van der Waals surface area contributed by atoms with Crippen LogP contribution in [0.4, 0.5) is 0 Å². The number of rotatable bonds is 7. The predicted molar refractivity (Wildman–Crippen MR) is 91.7 cm³/mol. The average Bonchev–Trinajstić information content (AvgIpc) is 2.42. The first-order chi connectivity index (χ1) is 10.9. The number of nitrogens with one attached hydrogen (secondary N) is 1. The third-order valence-corrected chi connectivity index (χ3v) is 5.43. The smallest absolute Gasteiger partial charge is 0.307 e. The lowest BCUT2D eigenvalue weighted by Gasteiger charge is -2.16. The van der Waals surface area contributed by atoms with Crippen LogP contribution in [-0.4, -0.2) is 33.3 Å². The first kappa shape index (κ1) is 20.9. The van der Waals surface area contributed by atoms with Crippen molar-refractivity contribution in [3.05, 3.63) is 28.2 Å². The lowest BCUT2D eigenvalue weighted by molar-refractivity contribution is -0.149. The van der Waals surface area contributed by atoms with Crippen LogP contribution in [0.2, 0.25) is 10.0 Å². The van der Waals surface area contributed by atoms with Gasteiger partial charge in [0.2, 0.25) is 10.0 Å². The molecular weight excluding hydrogens is 377 g/mol. The molecule has 0 spiro atoms. The maximum Gasteiger partial charge on any atom is 0.307 e. The number of hydrogen-bond donors (Lipinski definition) is 1. The summed E-state index contributed by atoms with van der Waals surface area (Å²) in [6.45, 7) is 4.60. The van der Waals surface area contributed by atoms with E-state index in [-0.39, 0.29) is 40.3 Å². The molecule has 9 heteroatoms. The van der Waals surface area contributed by atoms with Crippen molar-refractivity contribution in [3.8, 4) is 0 Å². The van der Waals surface area contributed by atoms with Crippen molar-refractivity contribution in [2.24, 2.45) is 5.41 Å². The molecule has 1 rings (SSSR count). The van der Waals surface area contributed by atoms with Gasteiger partial charge in [0.25, 0.3) is 0 Å². The summed E-state index contributed by atoms with van der Waals surface area (Å²) >= 11 is 11.7. The fourth-order valence-electron chi connectivity index (χ4n) is 1.53. The summed E-state index contributed by atoms with van der Waals surface area (Å²) in [4.78, 5) is 23.0. The largest absolute Gasteiger partial charge is 0.458 e. The molecule has 0 unspecified atom stereocenters. The summed E-state index contributed by atoms with van der Waals surface area (Å²) in [5, 5.41) is -0.0401. The molecule has 0 aliphatic rings. The third kappa shape index (κ3) is 6.05. The zero-order valence-corrected chi connectivity index (χ0v) is 15.9. The Kier molecular flexibility index (Phi) is 7.22. The predicted octanol–water partition coefficient (Wildman–Crippen LogP) is 2.82. The van der Waals surface area contributed by atoms with E-state index in [1.165, 1.54) is 18.2 Å². The standard InChI is InChI=1S/C15H19Cl2NO5S/c1-15(2,3)12(19)9-23-13(20)7-8-18-24(21,22)14-10(16)5-4-6-11(14)17/h4-6,18H,7-9H2,1-3H3. The van der Waals surface area contributed by atoms with Gasteiger partial charge in [-0.25, -0.2) is 13.1 Å². The Morgan fingerprint density at radius 2 is 1.71 bits per heavy atom. The highest BCUT2D eigenvalue weighted by Gasteiger charge is 2.23. The van der Waals surface area contributed by atoms with Crippen molar-refractivity contribution in [2.75, 3.05) is 13.2 Å². The number of ether oxygens (including phenoxy) is 1. The highest BCUT2D eigenvalue weighted by Crippen LogP contribution is 2.28. The fourth-order valence-corrected chi connectivity index (χ4v) is 3.71. The number of carbonyl (C=O) groups excluding carboxylic acids is 2. The molecule has 1 aromatic carbocycles. The molecule has 0 aromatic heterocycles. The molecule has 0 fully saturated rings. The maximum atomic E-state index is 12.2. The van der Waals surface area contributed by atoms with Gasteiger partial charge in [-0.15, -0.1) is 0 Å². The lowest BCUT2D eigenvalue weighted by Crippen LogP contribution is -2.29. The zero-order chi connectivity index (χ0) is 18.5. The van der Waals surface area contributed by atoms with Crippen molar-refractivity contribution in [1.29, 1.82) is 0 Å². The third-order valence-electron chi connectivity index (χ3n) is 3.01. The van der Waals surface area contributed by atoms with Crippen LogP contribution in [0.1, 0.15) is 27.2 Å². The molecule has 0 atom stereocenters. The van der Waals surface area contributed by atoms with Crippen LogP contribution in [0, 0.1) is 5.41 Å². The first-order valence-electron chi connectivity index (χ1n) is 7.08. The molecule has 0 saturated carbocycles. The van der Waals surface area contributed by atoms with Gasteiger partial charge >= 0.3 is 5.97 Å². The van der Waals surface area contributed by atoms with Crippen molar-refractivity contribution in [1.82, 2.24) is 4.72 Å². The Morgan fingerprint density at radius 1 is 1.17 bits per heavy atom. The van der Waals surface area contributed by atoms with Crippen molar-refractivity contribution >= 4 is 45.0 Å². The Balaban J connectivity index is 2.55. The van der Waals surface area contributed by atoms with E-state index in [4.69, 9.17) is 27.9 Å². The molecule has 0 aliphatic carbocycles.